The molecule has 1 saturated heterocycles. The van der Waals surface area contributed by atoms with E-state index in [1.54, 1.807) is 23.1 Å². The minimum absolute atomic E-state index is 0. The number of nitrogens with one attached hydrogen (secondary N) is 3. The fourth-order valence-electron chi connectivity index (χ4n) is 4.96. The SMILES string of the molecule is CC(C)C(=O)N1CCC(NC(=O)c2cc3cc(Cl)ccc3[nH]2)C(NC(=O)c2nc3c(s2)CN(C)CC3)C1.Cl. The Morgan fingerprint density at radius 3 is 2.66 bits per heavy atom. The molecule has 0 saturated carbocycles. The number of aromatic nitrogens is 2. The highest BCUT2D eigenvalue weighted by molar-refractivity contribution is 7.13. The second-order valence-corrected chi connectivity index (χ2v) is 11.7. The summed E-state index contributed by atoms with van der Waals surface area (Å²) >= 11 is 7.50. The zero-order chi connectivity index (χ0) is 26.3. The van der Waals surface area contributed by atoms with Gasteiger partial charge in [0, 0.05) is 59.3 Å². The molecule has 2 aliphatic heterocycles. The van der Waals surface area contributed by atoms with Crippen molar-refractivity contribution in [1.82, 2.24) is 30.4 Å². The third-order valence-electron chi connectivity index (χ3n) is 7.00. The number of rotatable bonds is 5. The molecule has 1 aromatic carbocycles. The zero-order valence-corrected chi connectivity index (χ0v) is 23.9. The minimum Gasteiger partial charge on any atom is -0.351 e. The highest BCUT2D eigenvalue weighted by Crippen LogP contribution is 2.25. The molecular weight excluding hydrogens is 547 g/mol. The monoisotopic (exact) mass is 578 g/mol. The number of likely N-dealkylation sites (tertiary alicyclic amines) is 1. The van der Waals surface area contributed by atoms with Gasteiger partial charge in [-0.25, -0.2) is 4.98 Å². The van der Waals surface area contributed by atoms with E-state index in [2.05, 4.69) is 32.5 Å². The third-order valence-corrected chi connectivity index (χ3v) is 8.31. The highest BCUT2D eigenvalue weighted by Gasteiger charge is 2.35. The topological polar surface area (TPSA) is 110 Å². The molecule has 2 aliphatic rings. The van der Waals surface area contributed by atoms with Gasteiger partial charge in [-0.3, -0.25) is 14.4 Å². The number of H-pyrrole nitrogens is 1. The largest absolute Gasteiger partial charge is 0.351 e. The molecule has 3 amide bonds. The Kier molecular flexibility index (Phi) is 8.66. The van der Waals surface area contributed by atoms with E-state index in [1.165, 1.54) is 11.3 Å². The Balaban J connectivity index is 0.00000336. The molecule has 204 valence electrons. The zero-order valence-electron chi connectivity index (χ0n) is 21.5. The summed E-state index contributed by atoms with van der Waals surface area (Å²) in [5.41, 5.74) is 2.21. The van der Waals surface area contributed by atoms with Crippen LogP contribution in [0.1, 0.15) is 51.1 Å². The van der Waals surface area contributed by atoms with Crippen LogP contribution < -0.4 is 10.6 Å². The highest BCUT2D eigenvalue weighted by atomic mass is 35.5. The van der Waals surface area contributed by atoms with E-state index < -0.39 is 6.04 Å². The molecule has 2 aromatic heterocycles. The molecule has 2 atom stereocenters. The average Bonchev–Trinajstić information content (AvgIpc) is 3.48. The predicted octanol–water partition coefficient (Wildman–Crippen LogP) is 3.47. The van der Waals surface area contributed by atoms with Gasteiger partial charge in [-0.05, 0) is 37.7 Å². The van der Waals surface area contributed by atoms with Crippen molar-refractivity contribution in [1.29, 1.82) is 0 Å². The Hall–Kier alpha value is -2.66. The summed E-state index contributed by atoms with van der Waals surface area (Å²) in [4.78, 5) is 52.0. The molecule has 3 aromatic rings. The maximum Gasteiger partial charge on any atom is 0.280 e. The van der Waals surface area contributed by atoms with Crippen LogP contribution in [0.3, 0.4) is 0 Å². The predicted molar refractivity (Wildman–Crippen MR) is 151 cm³/mol. The lowest BCUT2D eigenvalue weighted by atomic mass is 9.97. The Morgan fingerprint density at radius 1 is 1.13 bits per heavy atom. The number of benzene rings is 1. The van der Waals surface area contributed by atoms with Gasteiger partial charge in [-0.1, -0.05) is 25.4 Å². The van der Waals surface area contributed by atoms with Crippen LogP contribution in [-0.4, -0.2) is 76.3 Å². The van der Waals surface area contributed by atoms with Crippen LogP contribution in [0, 0.1) is 5.92 Å². The number of piperidine rings is 1. The van der Waals surface area contributed by atoms with Crippen molar-refractivity contribution in [2.24, 2.45) is 5.92 Å². The van der Waals surface area contributed by atoms with E-state index in [4.69, 9.17) is 11.6 Å². The number of halogens is 2. The summed E-state index contributed by atoms with van der Waals surface area (Å²) < 4.78 is 0. The van der Waals surface area contributed by atoms with Crippen molar-refractivity contribution in [2.45, 2.75) is 45.3 Å². The van der Waals surface area contributed by atoms with Gasteiger partial charge in [-0.15, -0.1) is 23.7 Å². The molecule has 1 fully saturated rings. The van der Waals surface area contributed by atoms with Crippen molar-refractivity contribution in [3.63, 3.8) is 0 Å². The van der Waals surface area contributed by atoms with Crippen LogP contribution in [-0.2, 0) is 17.8 Å². The van der Waals surface area contributed by atoms with Crippen molar-refractivity contribution >= 4 is 64.0 Å². The number of hydrogen-bond donors (Lipinski definition) is 3. The van der Waals surface area contributed by atoms with Gasteiger partial charge in [0.2, 0.25) is 5.91 Å². The van der Waals surface area contributed by atoms with Gasteiger partial charge in [0.25, 0.3) is 11.8 Å². The number of likely N-dealkylation sites (N-methyl/N-ethyl adjacent to an activating group) is 1. The van der Waals surface area contributed by atoms with Crippen LogP contribution in [0.25, 0.3) is 10.9 Å². The van der Waals surface area contributed by atoms with Gasteiger partial charge >= 0.3 is 0 Å². The van der Waals surface area contributed by atoms with Crippen molar-refractivity contribution < 1.29 is 14.4 Å². The number of hydrogen-bond acceptors (Lipinski definition) is 6. The Labute approximate surface area is 236 Å². The molecule has 9 nitrogen and oxygen atoms in total. The normalized spacial score (nSPS) is 19.7. The minimum atomic E-state index is -0.449. The summed E-state index contributed by atoms with van der Waals surface area (Å²) in [6, 6.07) is 6.37. The molecule has 0 spiro atoms. The maximum absolute atomic E-state index is 13.3. The fraction of sp³-hybridized carbons (Fsp3) is 0.462. The number of fused-ring (bicyclic) bond motifs is 2. The van der Waals surface area contributed by atoms with Gasteiger partial charge in [0.1, 0.15) is 5.69 Å². The lowest BCUT2D eigenvalue weighted by molar-refractivity contribution is -0.136. The lowest BCUT2D eigenvalue weighted by Crippen LogP contribution is -2.61. The molecule has 0 bridgehead atoms. The fourth-order valence-corrected chi connectivity index (χ4v) is 6.23. The third kappa shape index (κ3) is 5.98. The summed E-state index contributed by atoms with van der Waals surface area (Å²) in [7, 11) is 2.06. The molecule has 5 rings (SSSR count). The molecule has 0 aliphatic carbocycles. The number of carbonyl (C=O) groups excluding carboxylic acids is 3. The van der Waals surface area contributed by atoms with Crippen molar-refractivity contribution in [3.05, 3.63) is 50.6 Å². The van der Waals surface area contributed by atoms with Gasteiger partial charge in [-0.2, -0.15) is 0 Å². The number of amides is 3. The van der Waals surface area contributed by atoms with Gasteiger partial charge in [0.15, 0.2) is 5.01 Å². The van der Waals surface area contributed by atoms with E-state index in [9.17, 15) is 14.4 Å². The number of carbonyl (C=O) groups is 3. The maximum atomic E-state index is 13.3. The standard InChI is InChI=1S/C26H31ClN6O3S.ClH/c1-14(2)26(36)33-9-7-18(29-23(34)20-11-15-10-16(27)4-5-17(15)28-20)21(12-33)30-24(35)25-31-19-6-8-32(3)13-22(19)37-25;/h4-5,10-11,14,18,21,28H,6-9,12-13H2,1-3H3,(H,29,34)(H,30,35);1H. The van der Waals surface area contributed by atoms with Crippen LogP contribution in [0.2, 0.25) is 5.02 Å². The quantitative estimate of drug-likeness (QED) is 0.429. The van der Waals surface area contributed by atoms with Crippen molar-refractivity contribution in [3.8, 4) is 0 Å². The Bertz CT molecular complexity index is 1360. The second-order valence-electron chi connectivity index (χ2n) is 10.2. The Morgan fingerprint density at radius 2 is 1.89 bits per heavy atom. The average molecular weight is 580 g/mol. The van der Waals surface area contributed by atoms with Crippen LogP contribution in [0.5, 0.6) is 0 Å². The first-order valence-corrected chi connectivity index (χ1v) is 13.7. The lowest BCUT2D eigenvalue weighted by Gasteiger charge is -2.39. The molecule has 2 unspecified atom stereocenters. The van der Waals surface area contributed by atoms with E-state index in [1.807, 2.05) is 19.9 Å². The molecule has 4 heterocycles. The van der Waals surface area contributed by atoms with E-state index in [-0.39, 0.29) is 42.1 Å². The van der Waals surface area contributed by atoms with Crippen LogP contribution in [0.4, 0.5) is 0 Å². The van der Waals surface area contributed by atoms with Crippen LogP contribution in [0.15, 0.2) is 24.3 Å². The van der Waals surface area contributed by atoms with E-state index in [0.29, 0.717) is 35.2 Å². The molecule has 12 heteroatoms. The van der Waals surface area contributed by atoms with Gasteiger partial charge < -0.3 is 25.4 Å². The van der Waals surface area contributed by atoms with Crippen LogP contribution >= 0.6 is 35.3 Å². The summed E-state index contributed by atoms with van der Waals surface area (Å²) in [5, 5.41) is 8.02. The molecular formula is C26H32Cl2N6O3S. The number of aromatic amines is 1. The summed E-state index contributed by atoms with van der Waals surface area (Å²) in [5.74, 6) is -0.661. The molecule has 38 heavy (non-hydrogen) atoms. The molecule has 0 radical (unpaired) electrons. The van der Waals surface area contributed by atoms with E-state index in [0.717, 1.165) is 41.0 Å². The van der Waals surface area contributed by atoms with Crippen molar-refractivity contribution in [2.75, 3.05) is 26.7 Å². The first-order valence-electron chi connectivity index (χ1n) is 12.5. The van der Waals surface area contributed by atoms with E-state index >= 15 is 0 Å². The molecule has 3 N–H and O–H groups in total. The summed E-state index contributed by atoms with van der Waals surface area (Å²) in [6.07, 6.45) is 1.35. The second kappa shape index (κ2) is 11.6. The smallest absolute Gasteiger partial charge is 0.280 e. The first kappa shape index (κ1) is 28.4. The number of thiazole rings is 1. The first-order chi connectivity index (χ1) is 17.7. The number of nitrogens with zero attached hydrogens (tertiary/aromatic N) is 3. The summed E-state index contributed by atoms with van der Waals surface area (Å²) in [6.45, 7) is 6.26. The van der Waals surface area contributed by atoms with Gasteiger partial charge in [0.05, 0.1) is 17.8 Å².